The number of rotatable bonds is 2. The lowest BCUT2D eigenvalue weighted by atomic mass is 10.1. The average Bonchev–Trinajstić information content (AvgIpc) is 2.96. The van der Waals surface area contributed by atoms with Gasteiger partial charge in [-0.15, -0.1) is 0 Å². The Morgan fingerprint density at radius 1 is 1.33 bits per heavy atom. The van der Waals surface area contributed by atoms with Crippen LogP contribution in [-0.4, -0.2) is 45.1 Å². The molecule has 0 saturated carbocycles. The van der Waals surface area contributed by atoms with Crippen molar-refractivity contribution in [3.8, 4) is 11.4 Å². The SMILES string of the molecule is CC1COCCN1c1cc(Cl)nc(-c2ccnc3c2ccn3P)n1. The van der Waals surface area contributed by atoms with Gasteiger partial charge in [-0.05, 0) is 28.4 Å². The summed E-state index contributed by atoms with van der Waals surface area (Å²) in [5, 5.41) is 1.43. The second-order valence-corrected chi connectivity index (χ2v) is 6.75. The fourth-order valence-electron chi connectivity index (χ4n) is 2.99. The van der Waals surface area contributed by atoms with E-state index in [2.05, 4.69) is 31.2 Å². The van der Waals surface area contributed by atoms with Crippen LogP contribution in [0.25, 0.3) is 22.4 Å². The van der Waals surface area contributed by atoms with E-state index < -0.39 is 0 Å². The minimum atomic E-state index is 0.253. The highest BCUT2D eigenvalue weighted by atomic mass is 35.5. The van der Waals surface area contributed by atoms with Gasteiger partial charge in [-0.3, -0.25) is 0 Å². The number of anilines is 1. The van der Waals surface area contributed by atoms with Crippen LogP contribution in [0, 0.1) is 0 Å². The van der Waals surface area contributed by atoms with E-state index >= 15 is 0 Å². The molecule has 0 radical (unpaired) electrons. The average molecular weight is 362 g/mol. The molecule has 4 rings (SSSR count). The zero-order chi connectivity index (χ0) is 16.7. The van der Waals surface area contributed by atoms with Crippen molar-refractivity contribution in [2.24, 2.45) is 0 Å². The van der Waals surface area contributed by atoms with E-state index in [1.165, 1.54) is 0 Å². The lowest BCUT2D eigenvalue weighted by molar-refractivity contribution is 0.0985. The Hall–Kier alpha value is -1.75. The summed E-state index contributed by atoms with van der Waals surface area (Å²) in [5.74, 6) is 1.44. The molecule has 4 heterocycles. The van der Waals surface area contributed by atoms with Gasteiger partial charge in [-0.25, -0.2) is 15.0 Å². The van der Waals surface area contributed by atoms with E-state index in [0.29, 0.717) is 24.2 Å². The van der Waals surface area contributed by atoms with Crippen LogP contribution in [0.3, 0.4) is 0 Å². The monoisotopic (exact) mass is 361 g/mol. The van der Waals surface area contributed by atoms with Crippen LogP contribution in [0.4, 0.5) is 5.82 Å². The third-order valence-electron chi connectivity index (χ3n) is 4.20. The van der Waals surface area contributed by atoms with E-state index in [0.717, 1.165) is 29.0 Å². The minimum absolute atomic E-state index is 0.253. The predicted octanol–water partition coefficient (Wildman–Crippen LogP) is 3.01. The Bertz CT molecular complexity index is 899. The summed E-state index contributed by atoms with van der Waals surface area (Å²) in [5.41, 5.74) is 1.79. The standard InChI is InChI=1S/C16H17ClN5OP/c1-10-9-23-7-6-21(10)14-8-13(17)19-15(20-14)11-2-4-18-16-12(11)3-5-22(16)24/h2-5,8,10H,6-7,9,24H2,1H3. The van der Waals surface area contributed by atoms with Crippen molar-refractivity contribution in [1.29, 1.82) is 0 Å². The van der Waals surface area contributed by atoms with E-state index in [1.807, 2.05) is 28.7 Å². The third-order valence-corrected chi connectivity index (χ3v) is 4.81. The van der Waals surface area contributed by atoms with Crippen LogP contribution >= 0.6 is 21.0 Å². The molecule has 1 fully saturated rings. The fraction of sp³-hybridized carbons (Fsp3) is 0.312. The van der Waals surface area contributed by atoms with Gasteiger partial charge in [0.25, 0.3) is 0 Å². The highest BCUT2D eigenvalue weighted by Gasteiger charge is 2.22. The lowest BCUT2D eigenvalue weighted by Crippen LogP contribution is -2.44. The molecule has 24 heavy (non-hydrogen) atoms. The minimum Gasteiger partial charge on any atom is -0.377 e. The highest BCUT2D eigenvalue weighted by molar-refractivity contribution is 7.14. The first kappa shape index (κ1) is 15.8. The Morgan fingerprint density at radius 2 is 2.21 bits per heavy atom. The number of pyridine rings is 1. The summed E-state index contributed by atoms with van der Waals surface area (Å²) < 4.78 is 7.40. The van der Waals surface area contributed by atoms with Gasteiger partial charge in [-0.2, -0.15) is 0 Å². The summed E-state index contributed by atoms with van der Waals surface area (Å²) >= 11 is 6.29. The molecule has 0 aromatic carbocycles. The molecular formula is C16H17ClN5OP. The Labute approximate surface area is 147 Å². The molecule has 8 heteroatoms. The number of fused-ring (bicyclic) bond motifs is 1. The summed E-state index contributed by atoms with van der Waals surface area (Å²) in [6.07, 6.45) is 3.71. The van der Waals surface area contributed by atoms with E-state index in [4.69, 9.17) is 21.3 Å². The van der Waals surface area contributed by atoms with Gasteiger partial charge in [0, 0.05) is 36.0 Å². The molecule has 0 spiro atoms. The molecular weight excluding hydrogens is 345 g/mol. The number of nitrogens with zero attached hydrogens (tertiary/aromatic N) is 5. The molecule has 1 aliphatic heterocycles. The van der Waals surface area contributed by atoms with Crippen LogP contribution in [0.5, 0.6) is 0 Å². The van der Waals surface area contributed by atoms with Crippen LogP contribution < -0.4 is 4.90 Å². The molecule has 6 nitrogen and oxygen atoms in total. The van der Waals surface area contributed by atoms with Crippen LogP contribution in [0.2, 0.25) is 5.15 Å². The molecule has 0 bridgehead atoms. The Morgan fingerprint density at radius 3 is 3.04 bits per heavy atom. The molecule has 0 aliphatic carbocycles. The second-order valence-electron chi connectivity index (χ2n) is 5.81. The zero-order valence-electron chi connectivity index (χ0n) is 13.2. The van der Waals surface area contributed by atoms with Gasteiger partial charge in [0.15, 0.2) is 5.82 Å². The quantitative estimate of drug-likeness (QED) is 0.519. The predicted molar refractivity (Wildman–Crippen MR) is 98.5 cm³/mol. The number of halogens is 1. The molecule has 1 aliphatic rings. The molecule has 2 unspecified atom stereocenters. The lowest BCUT2D eigenvalue weighted by Gasteiger charge is -2.34. The largest absolute Gasteiger partial charge is 0.377 e. The van der Waals surface area contributed by atoms with Gasteiger partial charge in [0.05, 0.1) is 19.3 Å². The van der Waals surface area contributed by atoms with Crippen molar-refractivity contribution in [3.05, 3.63) is 35.7 Å². The first-order valence-corrected chi connectivity index (χ1v) is 8.63. The van der Waals surface area contributed by atoms with Crippen molar-refractivity contribution in [2.75, 3.05) is 24.7 Å². The summed E-state index contributed by atoms with van der Waals surface area (Å²) in [6.45, 7) is 4.29. The summed E-state index contributed by atoms with van der Waals surface area (Å²) in [7, 11) is 2.62. The maximum atomic E-state index is 6.29. The van der Waals surface area contributed by atoms with Crippen LogP contribution in [0.1, 0.15) is 6.92 Å². The topological polar surface area (TPSA) is 56.1 Å². The first-order valence-electron chi connectivity index (χ1n) is 7.74. The van der Waals surface area contributed by atoms with Crippen molar-refractivity contribution in [1.82, 2.24) is 19.3 Å². The van der Waals surface area contributed by atoms with Crippen molar-refractivity contribution < 1.29 is 4.74 Å². The van der Waals surface area contributed by atoms with Crippen molar-refractivity contribution >= 4 is 37.8 Å². The zero-order valence-corrected chi connectivity index (χ0v) is 15.1. The molecule has 0 amide bonds. The number of hydrogen-bond acceptors (Lipinski definition) is 5. The Balaban J connectivity index is 1.83. The van der Waals surface area contributed by atoms with E-state index in [-0.39, 0.29) is 6.04 Å². The fourth-order valence-corrected chi connectivity index (χ4v) is 3.46. The van der Waals surface area contributed by atoms with Crippen molar-refractivity contribution in [3.63, 3.8) is 0 Å². The number of ether oxygens (including phenoxy) is 1. The first-order chi connectivity index (χ1) is 11.6. The highest BCUT2D eigenvalue weighted by Crippen LogP contribution is 2.30. The van der Waals surface area contributed by atoms with E-state index in [1.54, 1.807) is 6.20 Å². The number of aromatic nitrogens is 4. The van der Waals surface area contributed by atoms with Gasteiger partial charge >= 0.3 is 0 Å². The van der Waals surface area contributed by atoms with Gasteiger partial charge in [0.2, 0.25) is 0 Å². The van der Waals surface area contributed by atoms with Gasteiger partial charge in [0.1, 0.15) is 16.6 Å². The summed E-state index contributed by atoms with van der Waals surface area (Å²) in [4.78, 5) is 15.8. The molecule has 2 atom stereocenters. The normalized spacial score (nSPS) is 18.3. The van der Waals surface area contributed by atoms with Gasteiger partial charge in [-0.1, -0.05) is 11.6 Å². The third kappa shape index (κ3) is 2.75. The molecule has 3 aromatic heterocycles. The molecule has 124 valence electrons. The maximum absolute atomic E-state index is 6.29. The molecule has 3 aromatic rings. The van der Waals surface area contributed by atoms with Crippen LogP contribution in [-0.2, 0) is 4.74 Å². The summed E-state index contributed by atoms with van der Waals surface area (Å²) in [6, 6.07) is 5.99. The number of morpholine rings is 1. The molecule has 0 N–H and O–H groups in total. The number of hydrogen-bond donors (Lipinski definition) is 0. The van der Waals surface area contributed by atoms with Crippen LogP contribution in [0.15, 0.2) is 30.6 Å². The smallest absolute Gasteiger partial charge is 0.163 e. The van der Waals surface area contributed by atoms with E-state index in [9.17, 15) is 0 Å². The second kappa shape index (κ2) is 6.28. The Kier molecular flexibility index (Phi) is 4.12. The maximum Gasteiger partial charge on any atom is 0.163 e. The van der Waals surface area contributed by atoms with Gasteiger partial charge < -0.3 is 14.0 Å². The van der Waals surface area contributed by atoms with Crippen molar-refractivity contribution in [2.45, 2.75) is 13.0 Å². The molecule has 1 saturated heterocycles.